The van der Waals surface area contributed by atoms with Gasteiger partial charge in [0.05, 0.1) is 18.2 Å². The molecule has 0 radical (unpaired) electrons. The van der Waals surface area contributed by atoms with E-state index in [1.807, 2.05) is 6.92 Å². The van der Waals surface area contributed by atoms with Gasteiger partial charge >= 0.3 is 12.1 Å². The lowest BCUT2D eigenvalue weighted by Crippen LogP contribution is -2.50. The van der Waals surface area contributed by atoms with Crippen molar-refractivity contribution in [1.82, 2.24) is 9.80 Å². The number of likely N-dealkylation sites (tertiary alicyclic amines) is 1. The van der Waals surface area contributed by atoms with Crippen LogP contribution in [0, 0.1) is 11.7 Å². The molecule has 1 aromatic rings. The summed E-state index contributed by atoms with van der Waals surface area (Å²) in [6, 6.07) is 5.57. The molecule has 3 atom stereocenters. The number of alkyl halides is 3. The van der Waals surface area contributed by atoms with Crippen LogP contribution in [-0.2, 0) is 16.1 Å². The molecule has 1 saturated carbocycles. The van der Waals surface area contributed by atoms with E-state index in [4.69, 9.17) is 4.74 Å². The topological polar surface area (TPSA) is 32.8 Å². The van der Waals surface area contributed by atoms with E-state index < -0.39 is 23.7 Å². The van der Waals surface area contributed by atoms with Crippen molar-refractivity contribution in [3.05, 3.63) is 35.6 Å². The average Bonchev–Trinajstić information content (AvgIpc) is 3.24. The Balaban J connectivity index is 1.36. The van der Waals surface area contributed by atoms with Crippen molar-refractivity contribution in [2.45, 2.75) is 63.0 Å². The molecular weight excluding hydrogens is 388 g/mol. The Morgan fingerprint density at radius 3 is 2.41 bits per heavy atom. The maximum Gasteiger partial charge on any atom is 0.471 e. The van der Waals surface area contributed by atoms with Crippen molar-refractivity contribution < 1.29 is 27.1 Å². The predicted octanol–water partition coefficient (Wildman–Crippen LogP) is 3.75. The van der Waals surface area contributed by atoms with Gasteiger partial charge in [0.25, 0.3) is 0 Å². The largest absolute Gasteiger partial charge is 0.471 e. The van der Waals surface area contributed by atoms with Gasteiger partial charge in [0.2, 0.25) is 0 Å². The number of benzene rings is 1. The molecule has 3 fully saturated rings. The first kappa shape index (κ1) is 20.6. The SMILES string of the molecule is C[C@@H]1C[C@H]1N(C(=O)C(F)(F)F)C1COC2(CCN(Cc3ccc(F)cc3)CC2)C1. The van der Waals surface area contributed by atoms with Gasteiger partial charge < -0.3 is 9.64 Å². The summed E-state index contributed by atoms with van der Waals surface area (Å²) in [5, 5.41) is 0. The lowest BCUT2D eigenvalue weighted by atomic mass is 9.86. The number of carbonyl (C=O) groups is 1. The summed E-state index contributed by atoms with van der Waals surface area (Å²) in [6.45, 7) is 4.27. The van der Waals surface area contributed by atoms with Crippen LogP contribution >= 0.6 is 0 Å². The Kier molecular flexibility index (Phi) is 5.36. The molecule has 0 N–H and O–H groups in total. The number of hydrogen-bond donors (Lipinski definition) is 0. The highest BCUT2D eigenvalue weighted by molar-refractivity contribution is 5.83. The molecule has 8 heteroatoms. The highest BCUT2D eigenvalue weighted by Gasteiger charge is 2.55. The van der Waals surface area contributed by atoms with Crippen LogP contribution in [0.1, 0.15) is 38.2 Å². The number of halogens is 4. The number of carbonyl (C=O) groups excluding carboxylic acids is 1. The summed E-state index contributed by atoms with van der Waals surface area (Å²) in [5.41, 5.74) is 0.573. The zero-order valence-electron chi connectivity index (χ0n) is 16.4. The Bertz CT molecular complexity index is 744. The number of rotatable bonds is 4. The van der Waals surface area contributed by atoms with Crippen molar-refractivity contribution in [2.24, 2.45) is 5.92 Å². The summed E-state index contributed by atoms with van der Waals surface area (Å²) < 4.78 is 58.5. The van der Waals surface area contributed by atoms with Crippen molar-refractivity contribution >= 4 is 5.91 Å². The predicted molar refractivity (Wildman–Crippen MR) is 98.5 cm³/mol. The minimum atomic E-state index is -4.85. The van der Waals surface area contributed by atoms with Crippen LogP contribution in [0.3, 0.4) is 0 Å². The summed E-state index contributed by atoms with van der Waals surface area (Å²) in [7, 11) is 0. The molecule has 160 valence electrons. The number of amides is 1. The summed E-state index contributed by atoms with van der Waals surface area (Å²) in [5.74, 6) is -1.89. The number of hydrogen-bond acceptors (Lipinski definition) is 3. The van der Waals surface area contributed by atoms with E-state index in [0.29, 0.717) is 19.4 Å². The van der Waals surface area contributed by atoms with Crippen molar-refractivity contribution in [3.8, 4) is 0 Å². The van der Waals surface area contributed by atoms with Gasteiger partial charge in [0.15, 0.2) is 0 Å². The van der Waals surface area contributed by atoms with E-state index in [2.05, 4.69) is 4.90 Å². The lowest BCUT2D eigenvalue weighted by Gasteiger charge is -2.39. The third kappa shape index (κ3) is 4.43. The minimum Gasteiger partial charge on any atom is -0.373 e. The first-order valence-corrected chi connectivity index (χ1v) is 10.2. The van der Waals surface area contributed by atoms with Gasteiger partial charge in [-0.05, 0) is 49.3 Å². The second-order valence-electron chi connectivity index (χ2n) is 8.75. The van der Waals surface area contributed by atoms with Crippen molar-refractivity contribution in [3.63, 3.8) is 0 Å². The van der Waals surface area contributed by atoms with E-state index in [1.54, 1.807) is 12.1 Å². The van der Waals surface area contributed by atoms with E-state index >= 15 is 0 Å². The van der Waals surface area contributed by atoms with Gasteiger partial charge in [-0.25, -0.2) is 4.39 Å². The van der Waals surface area contributed by atoms with E-state index in [0.717, 1.165) is 36.4 Å². The van der Waals surface area contributed by atoms with Crippen molar-refractivity contribution in [1.29, 1.82) is 0 Å². The molecule has 0 bridgehead atoms. The average molecular weight is 414 g/mol. The highest BCUT2D eigenvalue weighted by atomic mass is 19.4. The first-order chi connectivity index (χ1) is 13.7. The molecule has 0 aromatic heterocycles. The lowest BCUT2D eigenvalue weighted by molar-refractivity contribution is -0.188. The fourth-order valence-electron chi connectivity index (χ4n) is 4.74. The van der Waals surface area contributed by atoms with Crippen LogP contribution in [0.4, 0.5) is 17.6 Å². The quantitative estimate of drug-likeness (QED) is 0.704. The maximum atomic E-state index is 13.1. The molecule has 2 heterocycles. The third-order valence-electron chi connectivity index (χ3n) is 6.57. The Hall–Kier alpha value is -1.67. The highest BCUT2D eigenvalue weighted by Crippen LogP contribution is 2.44. The molecule has 1 aliphatic carbocycles. The molecule has 3 aliphatic rings. The number of ether oxygens (including phenoxy) is 1. The van der Waals surface area contributed by atoms with E-state index in [1.165, 1.54) is 12.1 Å². The van der Waals surface area contributed by atoms with Crippen LogP contribution in [0.2, 0.25) is 0 Å². The molecule has 1 aromatic carbocycles. The van der Waals surface area contributed by atoms with Gasteiger partial charge in [0, 0.05) is 25.7 Å². The molecule has 1 amide bonds. The summed E-state index contributed by atoms with van der Waals surface area (Å²) in [4.78, 5) is 15.3. The second kappa shape index (κ2) is 7.54. The maximum absolute atomic E-state index is 13.1. The third-order valence-corrected chi connectivity index (χ3v) is 6.57. The van der Waals surface area contributed by atoms with Crippen LogP contribution in [0.15, 0.2) is 24.3 Å². The van der Waals surface area contributed by atoms with Crippen LogP contribution in [-0.4, -0.2) is 59.3 Å². The van der Waals surface area contributed by atoms with E-state index in [-0.39, 0.29) is 24.4 Å². The van der Waals surface area contributed by atoms with Crippen LogP contribution < -0.4 is 0 Å². The van der Waals surface area contributed by atoms with Crippen LogP contribution in [0.25, 0.3) is 0 Å². The van der Waals surface area contributed by atoms with Gasteiger partial charge in [-0.1, -0.05) is 19.1 Å². The molecule has 4 nitrogen and oxygen atoms in total. The van der Waals surface area contributed by atoms with Gasteiger partial charge in [-0.3, -0.25) is 9.69 Å². The van der Waals surface area contributed by atoms with Gasteiger partial charge in [-0.15, -0.1) is 0 Å². The zero-order chi connectivity index (χ0) is 20.8. The molecule has 29 heavy (non-hydrogen) atoms. The molecule has 1 unspecified atom stereocenters. The summed E-state index contributed by atoms with van der Waals surface area (Å²) >= 11 is 0. The molecule has 1 spiro atoms. The number of nitrogens with zero attached hydrogens (tertiary/aromatic N) is 2. The van der Waals surface area contributed by atoms with E-state index in [9.17, 15) is 22.4 Å². The fraction of sp³-hybridized carbons (Fsp3) is 0.667. The zero-order valence-corrected chi connectivity index (χ0v) is 16.4. The van der Waals surface area contributed by atoms with Crippen molar-refractivity contribution in [2.75, 3.05) is 19.7 Å². The monoisotopic (exact) mass is 414 g/mol. The molecular formula is C21H26F4N2O2. The minimum absolute atomic E-state index is 0.107. The fourth-order valence-corrected chi connectivity index (χ4v) is 4.74. The van der Waals surface area contributed by atoms with Gasteiger partial charge in [-0.2, -0.15) is 13.2 Å². The Morgan fingerprint density at radius 2 is 1.86 bits per heavy atom. The standard InChI is InChI=1S/C21H26F4N2O2/c1-14-10-18(14)27(19(28)21(23,24)25)17-11-20(29-13-17)6-8-26(9-7-20)12-15-2-4-16(22)5-3-15/h2-5,14,17-18H,6-13H2,1H3/t14-,17?,18-/m1/s1. The normalized spacial score (nSPS) is 29.2. The second-order valence-corrected chi connectivity index (χ2v) is 8.75. The number of piperidine rings is 1. The first-order valence-electron chi connectivity index (χ1n) is 10.2. The summed E-state index contributed by atoms with van der Waals surface area (Å²) in [6.07, 6.45) is -2.33. The molecule has 2 aliphatic heterocycles. The molecule has 4 rings (SSSR count). The smallest absolute Gasteiger partial charge is 0.373 e. The Labute approximate surface area is 167 Å². The molecule has 2 saturated heterocycles. The Morgan fingerprint density at radius 1 is 1.24 bits per heavy atom. The van der Waals surface area contributed by atoms with Gasteiger partial charge in [0.1, 0.15) is 5.82 Å². The van der Waals surface area contributed by atoms with Crippen LogP contribution in [0.5, 0.6) is 0 Å².